The van der Waals surface area contributed by atoms with Crippen molar-refractivity contribution >= 4 is 38.1 Å². The van der Waals surface area contributed by atoms with Crippen molar-refractivity contribution in [3.63, 3.8) is 0 Å². The zero-order valence-electron chi connectivity index (χ0n) is 29.5. The molecule has 46 heavy (non-hydrogen) atoms. The van der Waals surface area contributed by atoms with Gasteiger partial charge < -0.3 is 10.1 Å². The first-order valence-corrected chi connectivity index (χ1v) is 16.2. The molecule has 0 amide bonds. The second-order valence-electron chi connectivity index (χ2n) is 14.8. The number of aliphatic hydroxyl groups excluding tert-OH is 1. The molecule has 0 fully saturated rings. The van der Waals surface area contributed by atoms with E-state index < -0.39 is 0 Å². The van der Waals surface area contributed by atoms with Crippen LogP contribution in [0.15, 0.2) is 78.7 Å². The first-order valence-electron chi connectivity index (χ1n) is 16.2. The topological polar surface area (TPSA) is 50.2 Å². The Hall–Kier alpha value is -3.33. The molecule has 3 nitrogen and oxygen atoms in total. The van der Waals surface area contributed by atoms with Crippen LogP contribution in [0.5, 0.6) is 0 Å². The molecule has 1 N–H and O–H groups in total. The maximum atomic E-state index is 11.8. The van der Waals surface area contributed by atoms with Crippen LogP contribution in [0.25, 0.3) is 43.6 Å². The van der Waals surface area contributed by atoms with Crippen molar-refractivity contribution in [1.82, 2.24) is 4.98 Å². The number of hydrogen-bond acceptors (Lipinski definition) is 3. The number of fused-ring (bicyclic) bond motifs is 5. The summed E-state index contributed by atoms with van der Waals surface area (Å²) in [6.45, 7) is 22.8. The van der Waals surface area contributed by atoms with Crippen LogP contribution in [0.3, 0.4) is 0 Å². The molecule has 0 aliphatic carbocycles. The first kappa shape index (κ1) is 37.1. The third-order valence-corrected chi connectivity index (χ3v) is 9.36. The van der Waals surface area contributed by atoms with E-state index >= 15 is 0 Å². The van der Waals surface area contributed by atoms with Crippen LogP contribution in [0.1, 0.15) is 91.8 Å². The predicted molar refractivity (Wildman–Crippen MR) is 193 cm³/mol. The largest absolute Gasteiger partial charge is 0.512 e. The number of benzene rings is 4. The Bertz CT molecular complexity index is 1890. The molecule has 0 saturated heterocycles. The molecule has 5 rings (SSSR count). The molecule has 0 unspecified atom stereocenters. The summed E-state index contributed by atoms with van der Waals surface area (Å²) in [6.07, 6.45) is 4.92. The van der Waals surface area contributed by atoms with Crippen LogP contribution in [-0.2, 0) is 30.3 Å². The monoisotopic (exact) mass is 793 g/mol. The molecule has 1 heterocycles. The minimum Gasteiger partial charge on any atom is -0.512 e. The van der Waals surface area contributed by atoms with Gasteiger partial charge in [0, 0.05) is 43.2 Å². The van der Waals surface area contributed by atoms with Crippen LogP contribution >= 0.6 is 0 Å². The summed E-state index contributed by atoms with van der Waals surface area (Å²) in [5.41, 5.74) is 5.19. The number of pyridine rings is 1. The Morgan fingerprint density at radius 1 is 0.804 bits per heavy atom. The van der Waals surface area contributed by atoms with Gasteiger partial charge >= 0.3 is 0 Å². The molecule has 0 aliphatic heterocycles. The number of ketones is 1. The summed E-state index contributed by atoms with van der Waals surface area (Å²) in [5, 5.41) is 17.5. The van der Waals surface area contributed by atoms with Gasteiger partial charge in [-0.2, -0.15) is 0 Å². The van der Waals surface area contributed by atoms with E-state index in [0.717, 1.165) is 29.7 Å². The summed E-state index contributed by atoms with van der Waals surface area (Å²) in [4.78, 5) is 16.7. The van der Waals surface area contributed by atoms with Gasteiger partial charge in [-0.1, -0.05) is 119 Å². The summed E-state index contributed by atoms with van der Waals surface area (Å²) in [7, 11) is 0. The van der Waals surface area contributed by atoms with Gasteiger partial charge in [0.25, 0.3) is 0 Å². The number of carbonyl (C=O) groups excluding carboxylic acids is 1. The molecule has 1 aromatic heterocycles. The molecule has 0 spiro atoms. The zero-order valence-corrected chi connectivity index (χ0v) is 31.9. The standard InChI is InChI=1S/C29H26N.C13H24O2.Ir/c1-18-14-19(2)16-22(15-18)28-26-21(12-13-30-28)17-25(29(3,4)5)27-23-9-7-6-8-20(23)10-11-24(26)27;1-7-12(3,4)10(14)9-11(15)13(5,6)8-2;/h6-15,17H,1-5H3;9,14H,7-8H2,1-6H3;/q-1;;/b;10-9-;. The number of aliphatic hydroxyl groups is 1. The number of aromatic nitrogens is 1. The van der Waals surface area contributed by atoms with Crippen molar-refractivity contribution in [2.75, 3.05) is 0 Å². The van der Waals surface area contributed by atoms with Gasteiger partial charge in [-0.25, -0.2) is 0 Å². The smallest absolute Gasteiger partial charge is 0.164 e. The molecule has 0 saturated carbocycles. The Morgan fingerprint density at radius 3 is 2.07 bits per heavy atom. The number of aryl methyl sites for hydroxylation is 2. The number of rotatable bonds is 6. The number of hydrogen-bond donors (Lipinski definition) is 1. The Kier molecular flexibility index (Phi) is 11.5. The van der Waals surface area contributed by atoms with Crippen molar-refractivity contribution in [3.8, 4) is 11.3 Å². The van der Waals surface area contributed by atoms with E-state index in [-0.39, 0.29) is 47.9 Å². The van der Waals surface area contributed by atoms with Gasteiger partial charge in [0.05, 0.1) is 0 Å². The Balaban J connectivity index is 0.000000309. The van der Waals surface area contributed by atoms with Crippen molar-refractivity contribution in [1.29, 1.82) is 0 Å². The van der Waals surface area contributed by atoms with Crippen molar-refractivity contribution in [2.24, 2.45) is 10.8 Å². The maximum Gasteiger partial charge on any atom is 0.164 e. The molecule has 5 aromatic rings. The molecular weight excluding hydrogens is 743 g/mol. The number of allylic oxidation sites excluding steroid dienone is 2. The normalized spacial score (nSPS) is 12.5. The maximum absolute atomic E-state index is 11.8. The molecule has 0 atom stereocenters. The molecule has 4 heteroatoms. The summed E-state index contributed by atoms with van der Waals surface area (Å²) in [5.74, 6) is 0.195. The van der Waals surface area contributed by atoms with Crippen molar-refractivity contribution < 1.29 is 30.0 Å². The first-order chi connectivity index (χ1) is 21.0. The van der Waals surface area contributed by atoms with E-state index in [1.54, 1.807) is 0 Å². The fraction of sp³-hybridized carbons (Fsp3) is 0.381. The summed E-state index contributed by atoms with van der Waals surface area (Å²) in [6, 6.07) is 25.6. The molecule has 245 valence electrons. The van der Waals surface area contributed by atoms with Gasteiger partial charge in [-0.05, 0) is 67.9 Å². The predicted octanol–water partition coefficient (Wildman–Crippen LogP) is 11.8. The van der Waals surface area contributed by atoms with Crippen LogP contribution in [0.4, 0.5) is 0 Å². The minimum absolute atomic E-state index is 0. The second-order valence-corrected chi connectivity index (χ2v) is 14.8. The summed E-state index contributed by atoms with van der Waals surface area (Å²) < 4.78 is 0. The van der Waals surface area contributed by atoms with Crippen LogP contribution in [-0.4, -0.2) is 15.9 Å². The molecule has 0 bridgehead atoms. The third kappa shape index (κ3) is 7.78. The molecule has 0 aliphatic rings. The Labute approximate surface area is 289 Å². The Morgan fingerprint density at radius 2 is 1.46 bits per heavy atom. The van der Waals surface area contributed by atoms with E-state index in [1.165, 1.54) is 49.5 Å². The SMILES string of the molecule is CCC(C)(C)C(=O)/C=C(\O)C(C)(C)CC.Cc1[c-]c(-c2nccc3cc(C(C)(C)C)c4c5ccccc5ccc4c23)cc(C)c1.[Ir]. The fourth-order valence-electron chi connectivity index (χ4n) is 5.57. The van der Waals surface area contributed by atoms with Gasteiger partial charge in [0.1, 0.15) is 5.76 Å². The quantitative estimate of drug-likeness (QED) is 0.0806. The van der Waals surface area contributed by atoms with Gasteiger partial charge in [-0.3, -0.25) is 4.79 Å². The number of nitrogens with zero attached hydrogens (tertiary/aromatic N) is 1. The minimum atomic E-state index is -0.377. The van der Waals surface area contributed by atoms with Gasteiger partial charge in [0.15, 0.2) is 5.78 Å². The van der Waals surface area contributed by atoms with E-state index in [1.807, 2.05) is 47.7 Å². The molecular formula is C42H50IrNO2-. The second kappa shape index (κ2) is 14.2. The van der Waals surface area contributed by atoms with Crippen LogP contribution in [0.2, 0.25) is 0 Å². The van der Waals surface area contributed by atoms with Gasteiger partial charge in [-0.15, -0.1) is 34.9 Å². The number of carbonyl (C=O) groups is 1. The van der Waals surface area contributed by atoms with Gasteiger partial charge in [0.2, 0.25) is 0 Å². The van der Waals surface area contributed by atoms with Crippen LogP contribution in [0, 0.1) is 30.7 Å². The average Bonchev–Trinajstić information content (AvgIpc) is 2.99. The average molecular weight is 793 g/mol. The third-order valence-electron chi connectivity index (χ3n) is 9.36. The molecule has 4 aromatic carbocycles. The fourth-order valence-corrected chi connectivity index (χ4v) is 5.57. The summed E-state index contributed by atoms with van der Waals surface area (Å²) >= 11 is 0. The van der Waals surface area contributed by atoms with E-state index in [0.29, 0.717) is 0 Å². The zero-order chi connectivity index (χ0) is 33.3. The van der Waals surface area contributed by atoms with Crippen LogP contribution < -0.4 is 0 Å². The van der Waals surface area contributed by atoms with E-state index in [2.05, 4.69) is 101 Å². The van der Waals surface area contributed by atoms with Crippen molar-refractivity contribution in [3.05, 3.63) is 101 Å². The molecule has 1 radical (unpaired) electrons. The van der Waals surface area contributed by atoms with E-state index in [4.69, 9.17) is 4.98 Å². The van der Waals surface area contributed by atoms with Crippen molar-refractivity contribution in [2.45, 2.75) is 94.4 Å². The van der Waals surface area contributed by atoms with E-state index in [9.17, 15) is 9.90 Å².